The average molecular weight is 366 g/mol. The van der Waals surface area contributed by atoms with Crippen molar-refractivity contribution in [1.29, 1.82) is 0 Å². The standard InChI is InChI=1S/C21H26N4O2/c26-21(17-6-7-20(23-15-17)24-11-2-1-3-12-24)25-13-8-18(9-14-25)27-19-5-4-10-22-16-19/h4-7,10,15-16,18H,1-3,8-9,11-14H2. The van der Waals surface area contributed by atoms with Gasteiger partial charge in [0.1, 0.15) is 17.7 Å². The van der Waals surface area contributed by atoms with Crippen molar-refractivity contribution in [2.75, 3.05) is 31.1 Å². The number of piperidine rings is 2. The molecule has 0 saturated carbocycles. The fraction of sp³-hybridized carbons (Fsp3) is 0.476. The molecular weight excluding hydrogens is 340 g/mol. The highest BCUT2D eigenvalue weighted by Crippen LogP contribution is 2.21. The van der Waals surface area contributed by atoms with Crippen LogP contribution >= 0.6 is 0 Å². The second-order valence-electron chi connectivity index (χ2n) is 7.25. The van der Waals surface area contributed by atoms with E-state index in [4.69, 9.17) is 4.74 Å². The summed E-state index contributed by atoms with van der Waals surface area (Å²) in [4.78, 5) is 25.6. The molecule has 0 N–H and O–H groups in total. The van der Waals surface area contributed by atoms with Gasteiger partial charge in [-0.25, -0.2) is 4.98 Å². The lowest BCUT2D eigenvalue weighted by atomic mass is 10.1. The number of carbonyl (C=O) groups is 1. The Morgan fingerprint density at radius 1 is 1.00 bits per heavy atom. The smallest absolute Gasteiger partial charge is 0.255 e. The fourth-order valence-corrected chi connectivity index (χ4v) is 3.79. The molecule has 0 bridgehead atoms. The second kappa shape index (κ2) is 8.37. The lowest BCUT2D eigenvalue weighted by Crippen LogP contribution is -2.41. The second-order valence-corrected chi connectivity index (χ2v) is 7.25. The lowest BCUT2D eigenvalue weighted by molar-refractivity contribution is 0.0594. The summed E-state index contributed by atoms with van der Waals surface area (Å²) >= 11 is 0. The summed E-state index contributed by atoms with van der Waals surface area (Å²) in [6.07, 6.45) is 10.7. The normalized spacial score (nSPS) is 18.4. The van der Waals surface area contributed by atoms with Crippen LogP contribution in [0.5, 0.6) is 5.75 Å². The molecule has 142 valence electrons. The van der Waals surface area contributed by atoms with E-state index >= 15 is 0 Å². The first-order valence-electron chi connectivity index (χ1n) is 9.86. The van der Waals surface area contributed by atoms with Crippen molar-refractivity contribution >= 4 is 11.7 Å². The summed E-state index contributed by atoms with van der Waals surface area (Å²) in [5.74, 6) is 1.84. The Morgan fingerprint density at radius 3 is 2.48 bits per heavy atom. The summed E-state index contributed by atoms with van der Waals surface area (Å²) in [6.45, 7) is 3.53. The molecule has 2 aromatic rings. The van der Waals surface area contributed by atoms with E-state index in [1.54, 1.807) is 18.6 Å². The summed E-state index contributed by atoms with van der Waals surface area (Å²) in [5, 5.41) is 0. The van der Waals surface area contributed by atoms with Crippen molar-refractivity contribution in [3.8, 4) is 5.75 Å². The zero-order valence-electron chi connectivity index (χ0n) is 15.6. The van der Waals surface area contributed by atoms with Gasteiger partial charge in [0.25, 0.3) is 5.91 Å². The number of amides is 1. The molecule has 4 rings (SSSR count). The molecule has 1 amide bonds. The molecule has 0 atom stereocenters. The Kier molecular flexibility index (Phi) is 5.51. The van der Waals surface area contributed by atoms with Gasteiger partial charge in [-0.2, -0.15) is 0 Å². The predicted molar refractivity (Wildman–Crippen MR) is 104 cm³/mol. The van der Waals surface area contributed by atoms with Crippen molar-refractivity contribution < 1.29 is 9.53 Å². The van der Waals surface area contributed by atoms with Crippen LogP contribution in [-0.2, 0) is 0 Å². The number of nitrogens with zero attached hydrogens (tertiary/aromatic N) is 4. The van der Waals surface area contributed by atoms with Gasteiger partial charge in [0.05, 0.1) is 11.8 Å². The molecule has 2 fully saturated rings. The average Bonchev–Trinajstić information content (AvgIpc) is 2.75. The number of ether oxygens (including phenoxy) is 1. The van der Waals surface area contributed by atoms with Crippen LogP contribution in [0.3, 0.4) is 0 Å². The quantitative estimate of drug-likeness (QED) is 0.832. The number of hydrogen-bond acceptors (Lipinski definition) is 5. The van der Waals surface area contributed by atoms with E-state index in [-0.39, 0.29) is 12.0 Å². The summed E-state index contributed by atoms with van der Waals surface area (Å²) in [7, 11) is 0. The van der Waals surface area contributed by atoms with Crippen LogP contribution in [0.25, 0.3) is 0 Å². The minimum Gasteiger partial charge on any atom is -0.489 e. The SMILES string of the molecule is O=C(c1ccc(N2CCCCC2)nc1)N1CCC(Oc2cccnc2)CC1. The van der Waals surface area contributed by atoms with Gasteiger partial charge in [-0.3, -0.25) is 9.78 Å². The molecule has 6 nitrogen and oxygen atoms in total. The first-order chi connectivity index (χ1) is 13.3. The number of aromatic nitrogens is 2. The van der Waals surface area contributed by atoms with Crippen LogP contribution in [0.2, 0.25) is 0 Å². The highest BCUT2D eigenvalue weighted by molar-refractivity contribution is 5.94. The highest BCUT2D eigenvalue weighted by Gasteiger charge is 2.25. The fourth-order valence-electron chi connectivity index (χ4n) is 3.79. The topological polar surface area (TPSA) is 58.6 Å². The summed E-state index contributed by atoms with van der Waals surface area (Å²) in [5.41, 5.74) is 0.669. The van der Waals surface area contributed by atoms with Crippen LogP contribution in [0.4, 0.5) is 5.82 Å². The zero-order chi connectivity index (χ0) is 18.5. The molecule has 0 unspecified atom stereocenters. The number of anilines is 1. The van der Waals surface area contributed by atoms with Crippen molar-refractivity contribution in [2.45, 2.75) is 38.2 Å². The predicted octanol–water partition coefficient (Wildman–Crippen LogP) is 3.15. The minimum absolute atomic E-state index is 0.0625. The maximum absolute atomic E-state index is 12.8. The monoisotopic (exact) mass is 366 g/mol. The molecule has 0 aromatic carbocycles. The van der Waals surface area contributed by atoms with E-state index in [2.05, 4.69) is 14.9 Å². The zero-order valence-corrected chi connectivity index (χ0v) is 15.6. The number of carbonyl (C=O) groups excluding carboxylic acids is 1. The van der Waals surface area contributed by atoms with Gasteiger partial charge < -0.3 is 14.5 Å². The maximum atomic E-state index is 12.8. The largest absolute Gasteiger partial charge is 0.489 e. The van der Waals surface area contributed by atoms with Crippen LogP contribution < -0.4 is 9.64 Å². The summed E-state index contributed by atoms with van der Waals surface area (Å²) in [6, 6.07) is 7.68. The first-order valence-corrected chi connectivity index (χ1v) is 9.86. The molecule has 2 aliphatic rings. The van der Waals surface area contributed by atoms with Crippen molar-refractivity contribution in [2.24, 2.45) is 0 Å². The van der Waals surface area contributed by atoms with Crippen LogP contribution in [0.1, 0.15) is 42.5 Å². The first kappa shape index (κ1) is 17.8. The Balaban J connectivity index is 1.31. The van der Waals surface area contributed by atoms with Gasteiger partial charge in [-0.05, 0) is 43.5 Å². The molecule has 0 aliphatic carbocycles. The van der Waals surface area contributed by atoms with Gasteiger partial charge in [-0.15, -0.1) is 0 Å². The van der Waals surface area contributed by atoms with E-state index in [0.717, 1.165) is 37.5 Å². The van der Waals surface area contributed by atoms with Crippen LogP contribution in [0, 0.1) is 0 Å². The minimum atomic E-state index is 0.0625. The molecule has 2 aromatic heterocycles. The van der Waals surface area contributed by atoms with Gasteiger partial charge in [-0.1, -0.05) is 0 Å². The van der Waals surface area contributed by atoms with E-state index in [9.17, 15) is 4.79 Å². The number of hydrogen-bond donors (Lipinski definition) is 0. The molecule has 2 saturated heterocycles. The molecule has 4 heterocycles. The van der Waals surface area contributed by atoms with Crippen molar-refractivity contribution in [1.82, 2.24) is 14.9 Å². The van der Waals surface area contributed by atoms with Crippen LogP contribution in [0.15, 0.2) is 42.9 Å². The van der Waals surface area contributed by atoms with Crippen molar-refractivity contribution in [3.63, 3.8) is 0 Å². The van der Waals surface area contributed by atoms with Gasteiger partial charge in [0.15, 0.2) is 0 Å². The third kappa shape index (κ3) is 4.38. The number of rotatable bonds is 4. The Labute approximate surface area is 160 Å². The number of pyridine rings is 2. The molecule has 0 spiro atoms. The summed E-state index contributed by atoms with van der Waals surface area (Å²) < 4.78 is 5.95. The van der Waals surface area contributed by atoms with E-state index in [0.29, 0.717) is 18.7 Å². The Bertz CT molecular complexity index is 737. The van der Waals surface area contributed by atoms with E-state index < -0.39 is 0 Å². The molecule has 27 heavy (non-hydrogen) atoms. The Morgan fingerprint density at radius 2 is 1.81 bits per heavy atom. The molecule has 6 heteroatoms. The molecule has 0 radical (unpaired) electrons. The van der Waals surface area contributed by atoms with E-state index in [1.165, 1.54) is 19.3 Å². The lowest BCUT2D eigenvalue weighted by Gasteiger charge is -2.32. The highest BCUT2D eigenvalue weighted by atomic mass is 16.5. The van der Waals surface area contributed by atoms with Crippen molar-refractivity contribution in [3.05, 3.63) is 48.4 Å². The van der Waals surface area contributed by atoms with E-state index in [1.807, 2.05) is 29.2 Å². The third-order valence-electron chi connectivity index (χ3n) is 5.34. The Hall–Kier alpha value is -2.63. The third-order valence-corrected chi connectivity index (χ3v) is 5.34. The maximum Gasteiger partial charge on any atom is 0.255 e. The number of likely N-dealkylation sites (tertiary alicyclic amines) is 1. The van der Waals surface area contributed by atoms with Gasteiger partial charge >= 0.3 is 0 Å². The van der Waals surface area contributed by atoms with Gasteiger partial charge in [0, 0.05) is 51.4 Å². The molecular formula is C21H26N4O2. The molecule has 2 aliphatic heterocycles. The van der Waals surface area contributed by atoms with Gasteiger partial charge in [0.2, 0.25) is 0 Å². The van der Waals surface area contributed by atoms with Crippen LogP contribution in [-0.4, -0.2) is 53.1 Å².